The topological polar surface area (TPSA) is 102 Å². The van der Waals surface area contributed by atoms with Crippen molar-refractivity contribution >= 4 is 38.0 Å². The van der Waals surface area contributed by atoms with Crippen LogP contribution in [0.3, 0.4) is 0 Å². The van der Waals surface area contributed by atoms with Crippen molar-refractivity contribution in [1.29, 1.82) is 0 Å². The number of thiophene rings is 1. The van der Waals surface area contributed by atoms with Gasteiger partial charge in [-0.15, -0.1) is 11.3 Å². The highest BCUT2D eigenvalue weighted by Crippen LogP contribution is 2.44. The smallest absolute Gasteiger partial charge is 0.260 e. The Morgan fingerprint density at radius 1 is 1.12 bits per heavy atom. The molecule has 2 amide bonds. The van der Waals surface area contributed by atoms with Crippen LogP contribution in [0, 0.1) is 11.3 Å². The molecule has 4 rings (SSSR count). The molecular formula is C25H32N2O5S2. The zero-order chi connectivity index (χ0) is 24.7. The van der Waals surface area contributed by atoms with Gasteiger partial charge in [-0.25, -0.2) is 8.42 Å². The minimum absolute atomic E-state index is 0.0416. The largest absolute Gasteiger partial charge is 0.496 e. The number of anilines is 1. The zero-order valence-electron chi connectivity index (χ0n) is 20.1. The van der Waals surface area contributed by atoms with Crippen LogP contribution in [0.2, 0.25) is 0 Å². The molecule has 184 valence electrons. The van der Waals surface area contributed by atoms with Crippen molar-refractivity contribution in [2.45, 2.75) is 52.5 Å². The lowest BCUT2D eigenvalue weighted by Crippen LogP contribution is -2.36. The number of ether oxygens (including phenoxy) is 1. The van der Waals surface area contributed by atoms with E-state index in [1.165, 1.54) is 18.4 Å². The van der Waals surface area contributed by atoms with Crippen molar-refractivity contribution in [2.75, 3.05) is 23.9 Å². The summed E-state index contributed by atoms with van der Waals surface area (Å²) in [6, 6.07) is 6.55. The molecular weight excluding hydrogens is 472 g/mol. The quantitative estimate of drug-likeness (QED) is 0.639. The van der Waals surface area contributed by atoms with E-state index in [1.54, 1.807) is 24.3 Å². The number of sulfone groups is 1. The van der Waals surface area contributed by atoms with Gasteiger partial charge in [-0.2, -0.15) is 0 Å². The molecule has 1 aliphatic heterocycles. The summed E-state index contributed by atoms with van der Waals surface area (Å²) in [5.74, 6) is 0.318. The fourth-order valence-electron chi connectivity index (χ4n) is 4.82. The van der Waals surface area contributed by atoms with Gasteiger partial charge in [0.05, 0.1) is 29.7 Å². The van der Waals surface area contributed by atoms with E-state index in [9.17, 15) is 18.0 Å². The van der Waals surface area contributed by atoms with E-state index in [-0.39, 0.29) is 28.7 Å². The molecule has 1 aliphatic carbocycles. The van der Waals surface area contributed by atoms with Crippen molar-refractivity contribution < 1.29 is 22.7 Å². The van der Waals surface area contributed by atoms with Crippen molar-refractivity contribution in [2.24, 2.45) is 11.3 Å². The number of methoxy groups -OCH3 is 1. The number of benzene rings is 1. The molecule has 1 aromatic carbocycles. The van der Waals surface area contributed by atoms with E-state index in [2.05, 4.69) is 31.4 Å². The first-order valence-electron chi connectivity index (χ1n) is 11.6. The van der Waals surface area contributed by atoms with Crippen LogP contribution in [0.5, 0.6) is 5.75 Å². The molecule has 7 nitrogen and oxygen atoms in total. The Kier molecular flexibility index (Phi) is 6.79. The maximum atomic E-state index is 13.4. The van der Waals surface area contributed by atoms with Gasteiger partial charge >= 0.3 is 0 Å². The zero-order valence-corrected chi connectivity index (χ0v) is 21.7. The third-order valence-corrected chi connectivity index (χ3v) is 9.80. The van der Waals surface area contributed by atoms with E-state index < -0.39 is 15.9 Å². The molecule has 1 aromatic heterocycles. The number of amides is 2. The van der Waals surface area contributed by atoms with Gasteiger partial charge in [0.15, 0.2) is 9.84 Å². The standard InChI is InChI=1S/C25H32N2O5S2/c1-25(2,3)15-9-10-18-20(13-15)33-24(27-22(28)17-7-5-6-8-19(17)32-4)21(18)23(29)26-16-11-12-34(30,31)14-16/h5-8,15-16H,9-14H2,1-4H3,(H,26,29)(H,27,28). The molecule has 0 spiro atoms. The Morgan fingerprint density at radius 3 is 2.50 bits per heavy atom. The van der Waals surface area contributed by atoms with Gasteiger partial charge in [-0.3, -0.25) is 9.59 Å². The summed E-state index contributed by atoms with van der Waals surface area (Å²) in [6.45, 7) is 6.69. The molecule has 9 heteroatoms. The highest BCUT2D eigenvalue weighted by Gasteiger charge is 2.36. The molecule has 2 atom stereocenters. The maximum absolute atomic E-state index is 13.4. The number of nitrogens with one attached hydrogen (secondary N) is 2. The van der Waals surface area contributed by atoms with E-state index in [0.29, 0.717) is 34.2 Å². The first-order valence-corrected chi connectivity index (χ1v) is 14.2. The van der Waals surface area contributed by atoms with Gasteiger partial charge in [0.1, 0.15) is 10.8 Å². The number of rotatable bonds is 5. The maximum Gasteiger partial charge on any atom is 0.260 e. The Labute approximate surface area is 205 Å². The summed E-state index contributed by atoms with van der Waals surface area (Å²) in [4.78, 5) is 27.7. The summed E-state index contributed by atoms with van der Waals surface area (Å²) < 4.78 is 29.1. The summed E-state index contributed by atoms with van der Waals surface area (Å²) in [7, 11) is -1.61. The molecule has 2 N–H and O–H groups in total. The first kappa shape index (κ1) is 24.7. The molecule has 2 unspecified atom stereocenters. The summed E-state index contributed by atoms with van der Waals surface area (Å²) in [5, 5.41) is 6.38. The van der Waals surface area contributed by atoms with Gasteiger partial charge in [0.25, 0.3) is 11.8 Å². The monoisotopic (exact) mass is 504 g/mol. The third kappa shape index (κ3) is 5.15. The van der Waals surface area contributed by atoms with Crippen molar-refractivity contribution in [3.8, 4) is 5.75 Å². The van der Waals surface area contributed by atoms with E-state index in [1.807, 2.05) is 0 Å². The van der Waals surface area contributed by atoms with Gasteiger partial charge < -0.3 is 15.4 Å². The van der Waals surface area contributed by atoms with Crippen molar-refractivity contribution in [3.05, 3.63) is 45.8 Å². The Balaban J connectivity index is 1.66. The SMILES string of the molecule is COc1ccccc1C(=O)Nc1sc2c(c1C(=O)NC1CCS(=O)(=O)C1)CCC(C(C)(C)C)C2. The lowest BCUT2D eigenvalue weighted by atomic mass is 9.72. The molecule has 1 fully saturated rings. The molecule has 0 radical (unpaired) electrons. The van der Waals surface area contributed by atoms with Gasteiger partial charge in [0, 0.05) is 10.9 Å². The summed E-state index contributed by atoms with van der Waals surface area (Å²) >= 11 is 1.45. The molecule has 0 bridgehead atoms. The number of hydrogen-bond acceptors (Lipinski definition) is 6. The molecule has 1 saturated heterocycles. The van der Waals surface area contributed by atoms with Crippen LogP contribution in [-0.4, -0.2) is 44.9 Å². The average Bonchev–Trinajstić information content (AvgIpc) is 3.30. The molecule has 2 aliphatic rings. The first-order chi connectivity index (χ1) is 16.0. The number of para-hydroxylation sites is 1. The predicted molar refractivity (Wildman–Crippen MR) is 135 cm³/mol. The highest BCUT2D eigenvalue weighted by molar-refractivity contribution is 7.91. The van der Waals surface area contributed by atoms with Crippen LogP contribution in [0.15, 0.2) is 24.3 Å². The lowest BCUT2D eigenvalue weighted by Gasteiger charge is -2.33. The summed E-state index contributed by atoms with van der Waals surface area (Å²) in [5.41, 5.74) is 1.97. The Morgan fingerprint density at radius 2 is 1.85 bits per heavy atom. The normalized spacial score (nSPS) is 21.5. The number of carbonyl (C=O) groups is 2. The van der Waals surface area contributed by atoms with Gasteiger partial charge in [-0.05, 0) is 54.7 Å². The molecule has 2 heterocycles. The van der Waals surface area contributed by atoms with Crippen LogP contribution in [-0.2, 0) is 22.7 Å². The van der Waals surface area contributed by atoms with E-state index in [0.717, 1.165) is 29.7 Å². The fraction of sp³-hybridized carbons (Fsp3) is 0.520. The van der Waals surface area contributed by atoms with Crippen molar-refractivity contribution in [1.82, 2.24) is 5.32 Å². The number of fused-ring (bicyclic) bond motifs is 1. The summed E-state index contributed by atoms with van der Waals surface area (Å²) in [6.07, 6.45) is 2.98. The van der Waals surface area contributed by atoms with Crippen LogP contribution in [0.25, 0.3) is 0 Å². The van der Waals surface area contributed by atoms with Crippen molar-refractivity contribution in [3.63, 3.8) is 0 Å². The molecule has 34 heavy (non-hydrogen) atoms. The second-order valence-corrected chi connectivity index (χ2v) is 13.6. The second-order valence-electron chi connectivity index (χ2n) is 10.2. The Bertz CT molecular complexity index is 1210. The van der Waals surface area contributed by atoms with Crippen LogP contribution in [0.1, 0.15) is 64.8 Å². The fourth-order valence-corrected chi connectivity index (χ4v) is 7.82. The minimum atomic E-state index is -3.12. The molecule has 2 aromatic rings. The van der Waals surface area contributed by atoms with E-state index >= 15 is 0 Å². The number of hydrogen-bond donors (Lipinski definition) is 2. The van der Waals surface area contributed by atoms with Crippen LogP contribution < -0.4 is 15.4 Å². The second kappa shape index (κ2) is 9.34. The Hall–Kier alpha value is -2.39. The predicted octanol–water partition coefficient (Wildman–Crippen LogP) is 4.08. The lowest BCUT2D eigenvalue weighted by molar-refractivity contribution is 0.0941. The highest BCUT2D eigenvalue weighted by atomic mass is 32.2. The third-order valence-electron chi connectivity index (χ3n) is 6.86. The van der Waals surface area contributed by atoms with E-state index in [4.69, 9.17) is 4.74 Å². The van der Waals surface area contributed by atoms with Gasteiger partial charge in [0.2, 0.25) is 0 Å². The van der Waals surface area contributed by atoms with Crippen LogP contribution >= 0.6 is 11.3 Å². The minimum Gasteiger partial charge on any atom is -0.496 e. The van der Waals surface area contributed by atoms with Gasteiger partial charge in [-0.1, -0.05) is 32.9 Å². The number of carbonyl (C=O) groups excluding carboxylic acids is 2. The average molecular weight is 505 g/mol. The molecule has 0 saturated carbocycles. The van der Waals surface area contributed by atoms with Crippen LogP contribution in [0.4, 0.5) is 5.00 Å².